The van der Waals surface area contributed by atoms with Gasteiger partial charge in [0.05, 0.1) is 17.7 Å². The molecule has 0 unspecified atom stereocenters. The van der Waals surface area contributed by atoms with Crippen LogP contribution in [-0.4, -0.2) is 64.5 Å². The number of carbonyl (C=O) groups excluding carboxylic acids is 1. The van der Waals surface area contributed by atoms with Crippen molar-refractivity contribution < 1.29 is 17.9 Å². The number of aromatic nitrogens is 1. The highest BCUT2D eigenvalue weighted by atomic mass is 32.2. The minimum absolute atomic E-state index is 0.104. The van der Waals surface area contributed by atoms with Gasteiger partial charge in [-0.15, -0.1) is 0 Å². The number of nitrogens with zero attached hydrogens (tertiary/aromatic N) is 4. The fourth-order valence-corrected chi connectivity index (χ4v) is 5.02. The van der Waals surface area contributed by atoms with E-state index in [4.69, 9.17) is 4.74 Å². The zero-order chi connectivity index (χ0) is 23.4. The molecule has 1 amide bonds. The van der Waals surface area contributed by atoms with E-state index in [1.54, 1.807) is 47.5 Å². The normalized spacial score (nSPS) is 14.1. The number of sulfonamides is 1. The molecule has 0 radical (unpaired) electrons. The number of rotatable bonds is 6. The number of anilines is 2. The van der Waals surface area contributed by atoms with Gasteiger partial charge in [-0.2, -0.15) is 0 Å². The van der Waals surface area contributed by atoms with Crippen molar-refractivity contribution in [2.24, 2.45) is 0 Å². The Morgan fingerprint density at radius 1 is 0.939 bits per heavy atom. The van der Waals surface area contributed by atoms with Crippen molar-refractivity contribution in [3.05, 3.63) is 78.5 Å². The van der Waals surface area contributed by atoms with Gasteiger partial charge in [-0.25, -0.2) is 13.4 Å². The standard InChI is InChI=1S/C24H26N4O4S/c1-26(21-7-3-4-8-22(21)32-2)33(30,31)20-12-10-19(11-13-20)24(29)28-17-15-27(16-18-28)23-9-5-6-14-25-23/h3-14H,15-18H2,1-2H3. The molecule has 8 nitrogen and oxygen atoms in total. The van der Waals surface area contributed by atoms with Crippen molar-refractivity contribution >= 4 is 27.4 Å². The van der Waals surface area contributed by atoms with E-state index >= 15 is 0 Å². The Kier molecular flexibility index (Phi) is 6.50. The summed E-state index contributed by atoms with van der Waals surface area (Å²) in [6.07, 6.45) is 1.76. The van der Waals surface area contributed by atoms with Gasteiger partial charge in [-0.1, -0.05) is 18.2 Å². The number of carbonyl (C=O) groups is 1. The average molecular weight is 467 g/mol. The van der Waals surface area contributed by atoms with Crippen molar-refractivity contribution in [1.29, 1.82) is 0 Å². The summed E-state index contributed by atoms with van der Waals surface area (Å²) >= 11 is 0. The van der Waals surface area contributed by atoms with Crippen LogP contribution < -0.4 is 13.9 Å². The maximum atomic E-state index is 13.1. The SMILES string of the molecule is COc1ccccc1N(C)S(=O)(=O)c1ccc(C(=O)N2CCN(c3ccccn3)CC2)cc1. The van der Waals surface area contributed by atoms with Crippen molar-refractivity contribution in [3.63, 3.8) is 0 Å². The van der Waals surface area contributed by atoms with Gasteiger partial charge in [0.1, 0.15) is 11.6 Å². The van der Waals surface area contributed by atoms with Crippen LogP contribution in [0.15, 0.2) is 77.8 Å². The van der Waals surface area contributed by atoms with Gasteiger partial charge in [0, 0.05) is 45.0 Å². The average Bonchev–Trinajstić information content (AvgIpc) is 2.88. The van der Waals surface area contributed by atoms with Crippen LogP contribution in [0.4, 0.5) is 11.5 Å². The van der Waals surface area contributed by atoms with Crippen LogP contribution in [0.5, 0.6) is 5.75 Å². The van der Waals surface area contributed by atoms with E-state index in [2.05, 4.69) is 9.88 Å². The monoisotopic (exact) mass is 466 g/mol. The van der Waals surface area contributed by atoms with Gasteiger partial charge in [0.25, 0.3) is 15.9 Å². The summed E-state index contributed by atoms with van der Waals surface area (Å²) in [6.45, 7) is 2.54. The molecule has 2 heterocycles. The first-order chi connectivity index (χ1) is 15.9. The van der Waals surface area contributed by atoms with Crippen LogP contribution >= 0.6 is 0 Å². The Bertz CT molecular complexity index is 1210. The maximum Gasteiger partial charge on any atom is 0.264 e. The van der Waals surface area contributed by atoms with Crippen molar-refractivity contribution in [2.75, 3.05) is 49.5 Å². The molecule has 0 atom stereocenters. The predicted octanol–water partition coefficient (Wildman–Crippen LogP) is 2.88. The number of hydrogen-bond acceptors (Lipinski definition) is 6. The Morgan fingerprint density at radius 3 is 2.24 bits per heavy atom. The van der Waals surface area contributed by atoms with E-state index in [1.165, 1.54) is 30.6 Å². The molecule has 0 N–H and O–H groups in total. The summed E-state index contributed by atoms with van der Waals surface area (Å²) in [6, 6.07) is 18.8. The summed E-state index contributed by atoms with van der Waals surface area (Å²) in [5, 5.41) is 0. The molecule has 2 aromatic carbocycles. The molecule has 1 aliphatic heterocycles. The molecular formula is C24H26N4O4S. The lowest BCUT2D eigenvalue weighted by Gasteiger charge is -2.35. The Labute approximate surface area is 194 Å². The van der Waals surface area contributed by atoms with E-state index in [0.717, 1.165) is 5.82 Å². The molecule has 9 heteroatoms. The fourth-order valence-electron chi connectivity index (χ4n) is 3.81. The maximum absolute atomic E-state index is 13.1. The third-order valence-corrected chi connectivity index (χ3v) is 7.51. The van der Waals surface area contributed by atoms with Gasteiger partial charge < -0.3 is 14.5 Å². The smallest absolute Gasteiger partial charge is 0.264 e. The number of benzene rings is 2. The first kappa shape index (κ1) is 22.6. The molecular weight excluding hydrogens is 440 g/mol. The van der Waals surface area contributed by atoms with Crippen LogP contribution in [0.25, 0.3) is 0 Å². The van der Waals surface area contributed by atoms with E-state index in [1.807, 2.05) is 18.2 Å². The molecule has 3 aromatic rings. The summed E-state index contributed by atoms with van der Waals surface area (Å²) in [4.78, 5) is 21.4. The molecule has 0 bridgehead atoms. The van der Waals surface area contributed by atoms with E-state index in [0.29, 0.717) is 43.2 Å². The third kappa shape index (κ3) is 4.63. The summed E-state index contributed by atoms with van der Waals surface area (Å²) < 4.78 is 32.7. The highest BCUT2D eigenvalue weighted by Crippen LogP contribution is 2.31. The number of ether oxygens (including phenoxy) is 1. The van der Waals surface area contributed by atoms with Crippen molar-refractivity contribution in [2.45, 2.75) is 4.90 Å². The van der Waals surface area contributed by atoms with Gasteiger partial charge in [0.2, 0.25) is 0 Å². The summed E-state index contributed by atoms with van der Waals surface area (Å²) in [5.74, 6) is 1.25. The van der Waals surface area contributed by atoms with Crippen LogP contribution in [0.2, 0.25) is 0 Å². The molecule has 0 spiro atoms. The molecule has 33 heavy (non-hydrogen) atoms. The molecule has 0 saturated carbocycles. The second-order valence-electron chi connectivity index (χ2n) is 7.64. The summed E-state index contributed by atoms with van der Waals surface area (Å²) in [7, 11) is -0.840. The second-order valence-corrected chi connectivity index (χ2v) is 9.61. The molecule has 172 valence electrons. The van der Waals surface area contributed by atoms with Crippen molar-refractivity contribution in [3.8, 4) is 5.75 Å². The van der Waals surface area contributed by atoms with Gasteiger partial charge in [-0.3, -0.25) is 9.10 Å². The van der Waals surface area contributed by atoms with Crippen LogP contribution in [-0.2, 0) is 10.0 Å². The highest BCUT2D eigenvalue weighted by Gasteiger charge is 2.26. The van der Waals surface area contributed by atoms with Crippen LogP contribution in [0.3, 0.4) is 0 Å². The van der Waals surface area contributed by atoms with Gasteiger partial charge in [-0.05, 0) is 48.5 Å². The molecule has 1 aliphatic rings. The molecule has 0 aliphatic carbocycles. The fraction of sp³-hybridized carbons (Fsp3) is 0.250. The first-order valence-electron chi connectivity index (χ1n) is 10.6. The van der Waals surface area contributed by atoms with Crippen LogP contribution in [0.1, 0.15) is 10.4 Å². The van der Waals surface area contributed by atoms with E-state index < -0.39 is 10.0 Å². The number of amides is 1. The zero-order valence-corrected chi connectivity index (χ0v) is 19.4. The topological polar surface area (TPSA) is 83.0 Å². The third-order valence-electron chi connectivity index (χ3n) is 5.72. The molecule has 1 fully saturated rings. The second kappa shape index (κ2) is 9.50. The minimum atomic E-state index is -3.82. The number of piperazine rings is 1. The molecule has 1 aromatic heterocycles. The van der Waals surface area contributed by atoms with Gasteiger partial charge in [0.15, 0.2) is 0 Å². The zero-order valence-electron chi connectivity index (χ0n) is 18.6. The quantitative estimate of drug-likeness (QED) is 0.556. The minimum Gasteiger partial charge on any atom is -0.495 e. The number of pyridine rings is 1. The largest absolute Gasteiger partial charge is 0.495 e. The number of methoxy groups -OCH3 is 1. The van der Waals surface area contributed by atoms with Crippen molar-refractivity contribution in [1.82, 2.24) is 9.88 Å². The Hall–Kier alpha value is -3.59. The summed E-state index contributed by atoms with van der Waals surface area (Å²) in [5.41, 5.74) is 0.895. The lowest BCUT2D eigenvalue weighted by Crippen LogP contribution is -2.49. The molecule has 4 rings (SSSR count). The van der Waals surface area contributed by atoms with E-state index in [9.17, 15) is 13.2 Å². The Morgan fingerprint density at radius 2 is 1.61 bits per heavy atom. The van der Waals surface area contributed by atoms with Gasteiger partial charge >= 0.3 is 0 Å². The lowest BCUT2D eigenvalue weighted by molar-refractivity contribution is 0.0746. The predicted molar refractivity (Wildman–Crippen MR) is 127 cm³/mol. The van der Waals surface area contributed by atoms with E-state index in [-0.39, 0.29) is 10.8 Å². The number of hydrogen-bond donors (Lipinski definition) is 0. The first-order valence-corrected chi connectivity index (χ1v) is 12.0. The molecule has 1 saturated heterocycles. The Balaban J connectivity index is 1.45. The highest BCUT2D eigenvalue weighted by molar-refractivity contribution is 7.92. The number of para-hydroxylation sites is 2. The van der Waals surface area contributed by atoms with Crippen LogP contribution in [0, 0.1) is 0 Å². The lowest BCUT2D eigenvalue weighted by atomic mass is 10.2.